The molecule has 0 amide bonds. The van der Waals surface area contributed by atoms with E-state index in [1.807, 2.05) is 0 Å². The highest BCUT2D eigenvalue weighted by atomic mass is 35.7. The normalized spacial score (nSPS) is 13.5. The van der Waals surface area contributed by atoms with E-state index in [4.69, 9.17) is 10.7 Å². The van der Waals surface area contributed by atoms with E-state index >= 15 is 0 Å². The summed E-state index contributed by atoms with van der Waals surface area (Å²) in [6.07, 6.45) is -0.113. The van der Waals surface area contributed by atoms with Crippen molar-refractivity contribution in [3.05, 3.63) is 29.3 Å². The van der Waals surface area contributed by atoms with Gasteiger partial charge in [0.2, 0.25) is 9.84 Å². The van der Waals surface area contributed by atoms with E-state index in [9.17, 15) is 37.3 Å². The molecule has 2 bridgehead atoms. The Labute approximate surface area is 158 Å². The van der Waals surface area contributed by atoms with E-state index in [1.165, 1.54) is 0 Å². The zero-order valence-corrected chi connectivity index (χ0v) is 15.7. The minimum Gasteiger partial charge on any atom is -0.507 e. The third kappa shape index (κ3) is 3.03. The number of sulfone groups is 1. The number of phenolic OH excluding ortho intramolecular Hbond substituents is 4. The van der Waals surface area contributed by atoms with Crippen LogP contribution in [0.1, 0.15) is 11.1 Å². The fourth-order valence-electron chi connectivity index (χ4n) is 2.68. The minimum atomic E-state index is -4.81. The molecule has 0 aliphatic heterocycles. The second-order valence-corrected chi connectivity index (χ2v) is 10.0. The molecule has 4 N–H and O–H groups in total. The highest BCUT2D eigenvalue weighted by Crippen LogP contribution is 2.45. The van der Waals surface area contributed by atoms with Crippen molar-refractivity contribution in [2.75, 3.05) is 0 Å². The Balaban J connectivity index is 2.36. The van der Waals surface area contributed by atoms with Crippen LogP contribution < -0.4 is 0 Å². The first-order valence-corrected chi connectivity index (χ1v) is 11.0. The number of halogens is 1. The summed E-state index contributed by atoms with van der Waals surface area (Å²) >= 11 is 0. The molecule has 0 fully saturated rings. The second-order valence-electron chi connectivity index (χ2n) is 5.62. The molecule has 0 spiro atoms. The molecule has 2 aromatic rings. The fraction of sp³-hybridized carbons (Fsp3) is 0.125. The molecule has 2 aromatic carbocycles. The number of fused-ring (bicyclic) bond motifs is 2. The van der Waals surface area contributed by atoms with Gasteiger partial charge in [-0.05, 0) is 18.2 Å². The molecule has 1 aliphatic rings. The van der Waals surface area contributed by atoms with Crippen molar-refractivity contribution in [2.24, 2.45) is 0 Å². The zero-order valence-electron chi connectivity index (χ0n) is 13.3. The molecule has 142 valence electrons. The second kappa shape index (κ2) is 6.23. The number of aromatic hydroxyl groups is 4. The van der Waals surface area contributed by atoms with Crippen LogP contribution in [0.3, 0.4) is 0 Å². The maximum atomic E-state index is 13.0. The molecule has 0 heterocycles. The monoisotopic (exact) mass is 430 g/mol. The molecule has 27 heavy (non-hydrogen) atoms. The Hall–Kier alpha value is -2.61. The van der Waals surface area contributed by atoms with Crippen LogP contribution in [0.4, 0.5) is 0 Å². The molecule has 0 atom stereocenters. The van der Waals surface area contributed by atoms with Crippen molar-refractivity contribution in [1.82, 2.24) is 0 Å². The average molecular weight is 431 g/mol. The van der Waals surface area contributed by atoms with Gasteiger partial charge in [0, 0.05) is 34.7 Å². The van der Waals surface area contributed by atoms with Crippen molar-refractivity contribution in [3.8, 4) is 34.8 Å². The van der Waals surface area contributed by atoms with E-state index in [-0.39, 0.29) is 29.7 Å². The summed E-state index contributed by atoms with van der Waals surface area (Å²) < 4.78 is 49.1. The molecule has 0 saturated heterocycles. The Bertz CT molecular complexity index is 1250. The van der Waals surface area contributed by atoms with Gasteiger partial charge in [-0.1, -0.05) is 11.8 Å². The summed E-state index contributed by atoms with van der Waals surface area (Å²) in [4.78, 5) is -2.79. The number of hydrogen-bond donors (Lipinski definition) is 4. The molecule has 0 saturated carbocycles. The molecule has 11 heteroatoms. The summed E-state index contributed by atoms with van der Waals surface area (Å²) in [6.45, 7) is 0. The van der Waals surface area contributed by atoms with Crippen molar-refractivity contribution in [1.29, 1.82) is 0 Å². The third-order valence-electron chi connectivity index (χ3n) is 3.98. The first kappa shape index (κ1) is 19.2. The lowest BCUT2D eigenvalue weighted by molar-refractivity contribution is 0.411. The quantitative estimate of drug-likeness (QED) is 0.421. The Morgan fingerprint density at radius 3 is 2.11 bits per heavy atom. The number of hydrogen-bond acceptors (Lipinski definition) is 8. The Morgan fingerprint density at radius 1 is 0.852 bits per heavy atom. The lowest BCUT2D eigenvalue weighted by Gasteiger charge is -2.15. The summed E-state index contributed by atoms with van der Waals surface area (Å²) in [5.74, 6) is 1.96. The molecule has 3 rings (SSSR count). The van der Waals surface area contributed by atoms with Crippen LogP contribution in [0.2, 0.25) is 0 Å². The van der Waals surface area contributed by atoms with Crippen LogP contribution in [0, 0.1) is 11.8 Å². The molecule has 0 radical (unpaired) electrons. The van der Waals surface area contributed by atoms with Gasteiger partial charge in [0.05, 0.1) is 0 Å². The first-order valence-electron chi connectivity index (χ1n) is 7.23. The van der Waals surface area contributed by atoms with E-state index in [1.54, 1.807) is 0 Å². The van der Waals surface area contributed by atoms with Crippen LogP contribution in [-0.4, -0.2) is 37.3 Å². The van der Waals surface area contributed by atoms with Gasteiger partial charge in [0.15, 0.2) is 10.6 Å². The molecule has 1 aliphatic carbocycles. The average Bonchev–Trinajstić information content (AvgIpc) is 2.65. The maximum absolute atomic E-state index is 13.0. The van der Waals surface area contributed by atoms with Crippen LogP contribution >= 0.6 is 10.7 Å². The molecule has 0 aromatic heterocycles. The highest BCUT2D eigenvalue weighted by Gasteiger charge is 2.34. The van der Waals surface area contributed by atoms with Gasteiger partial charge in [-0.3, -0.25) is 0 Å². The van der Waals surface area contributed by atoms with Crippen LogP contribution in [0.25, 0.3) is 0 Å². The Morgan fingerprint density at radius 2 is 1.48 bits per heavy atom. The molecular weight excluding hydrogens is 420 g/mol. The fourth-order valence-corrected chi connectivity index (χ4v) is 5.28. The summed E-state index contributed by atoms with van der Waals surface area (Å²) in [5, 5.41) is 40.6. The van der Waals surface area contributed by atoms with Crippen LogP contribution in [0.15, 0.2) is 32.9 Å². The predicted molar refractivity (Wildman–Crippen MR) is 93.2 cm³/mol. The molecular formula is C16H11ClO8S2. The van der Waals surface area contributed by atoms with Crippen LogP contribution in [-0.2, 0) is 31.7 Å². The number of benzene rings is 2. The summed E-state index contributed by atoms with van der Waals surface area (Å²) in [5.41, 5.74) is -0.0114. The van der Waals surface area contributed by atoms with Crippen molar-refractivity contribution < 1.29 is 37.3 Å². The standard InChI is InChI=1S/C16H11ClO8S2/c17-27(24,25)11-6-5-10(18)16(15(11)21)26(22,23)12-7-8-3-1-2-4-9(13(8)19)14(12)20/h5-7,18-21H,3-4H2. The van der Waals surface area contributed by atoms with Gasteiger partial charge >= 0.3 is 0 Å². The van der Waals surface area contributed by atoms with Crippen LogP contribution in [0.5, 0.6) is 23.0 Å². The largest absolute Gasteiger partial charge is 0.507 e. The van der Waals surface area contributed by atoms with Gasteiger partial charge in [0.25, 0.3) is 9.05 Å². The van der Waals surface area contributed by atoms with Gasteiger partial charge in [-0.2, -0.15) is 0 Å². The van der Waals surface area contributed by atoms with Gasteiger partial charge in [-0.15, -0.1) is 0 Å². The summed E-state index contributed by atoms with van der Waals surface area (Å²) in [6, 6.07) is 2.42. The van der Waals surface area contributed by atoms with Crippen molar-refractivity contribution in [3.63, 3.8) is 0 Å². The minimum absolute atomic E-state index is 0.00962. The molecule has 0 unspecified atom stereocenters. The Kier molecular flexibility index (Phi) is 4.42. The maximum Gasteiger partial charge on any atom is 0.265 e. The smallest absolute Gasteiger partial charge is 0.265 e. The SMILES string of the molecule is O=S(=O)(Cl)c1ccc(O)c(S(=O)(=O)c2cc3c(O)c(c2O)CC#CC3)c1O. The van der Waals surface area contributed by atoms with Gasteiger partial charge in [-0.25, -0.2) is 16.8 Å². The predicted octanol–water partition coefficient (Wildman–Crippen LogP) is 1.37. The van der Waals surface area contributed by atoms with E-state index in [0.29, 0.717) is 0 Å². The van der Waals surface area contributed by atoms with Crippen molar-refractivity contribution in [2.45, 2.75) is 27.5 Å². The van der Waals surface area contributed by atoms with Gasteiger partial charge in [0.1, 0.15) is 27.0 Å². The first-order chi connectivity index (χ1) is 12.5. The topological polar surface area (TPSA) is 149 Å². The highest BCUT2D eigenvalue weighted by molar-refractivity contribution is 8.13. The molecule has 8 nitrogen and oxygen atoms in total. The van der Waals surface area contributed by atoms with E-state index in [2.05, 4.69) is 11.8 Å². The summed E-state index contributed by atoms with van der Waals surface area (Å²) in [7, 11) is -4.15. The van der Waals surface area contributed by atoms with Gasteiger partial charge < -0.3 is 20.4 Å². The number of rotatable bonds is 3. The number of phenols is 4. The third-order valence-corrected chi connectivity index (χ3v) is 7.16. The lowest BCUT2D eigenvalue weighted by atomic mass is 10.1. The van der Waals surface area contributed by atoms with Crippen molar-refractivity contribution >= 4 is 29.6 Å². The lowest BCUT2D eigenvalue weighted by Crippen LogP contribution is -2.07. The van der Waals surface area contributed by atoms with E-state index in [0.717, 1.165) is 18.2 Å². The van der Waals surface area contributed by atoms with E-state index < -0.39 is 50.8 Å². The zero-order chi connectivity index (χ0) is 20.1.